The Labute approximate surface area is 140 Å². The van der Waals surface area contributed by atoms with Crippen LogP contribution in [0.25, 0.3) is 0 Å². The number of aryl methyl sites for hydroxylation is 1. The molecule has 23 heavy (non-hydrogen) atoms. The first-order valence-electron chi connectivity index (χ1n) is 8.53. The van der Waals surface area contributed by atoms with Crippen molar-refractivity contribution in [2.24, 2.45) is 5.92 Å². The molecular weight excluding hydrogens is 312 g/mol. The van der Waals surface area contributed by atoms with Crippen LogP contribution in [0.2, 0.25) is 0 Å². The Kier molecular flexibility index (Phi) is 4.99. The van der Waals surface area contributed by atoms with Gasteiger partial charge in [0.25, 0.3) is 5.91 Å². The molecule has 3 rings (SSSR count). The Morgan fingerprint density at radius 1 is 1.22 bits per heavy atom. The van der Waals surface area contributed by atoms with Crippen LogP contribution in [0.5, 0.6) is 0 Å². The van der Waals surface area contributed by atoms with Crippen molar-refractivity contribution < 1.29 is 14.7 Å². The maximum absolute atomic E-state index is 12.8. The maximum atomic E-state index is 12.8. The van der Waals surface area contributed by atoms with Crippen LogP contribution in [0.4, 0.5) is 0 Å². The molecule has 1 aliphatic carbocycles. The number of carbonyl (C=O) groups excluding carboxylic acids is 1. The first kappa shape index (κ1) is 16.4. The second-order valence-corrected chi connectivity index (χ2v) is 7.81. The number of aliphatic carboxylic acids is 1. The highest BCUT2D eigenvalue weighted by atomic mass is 32.1. The number of amides is 1. The largest absolute Gasteiger partial charge is 0.481 e. The molecule has 0 radical (unpaired) electrons. The van der Waals surface area contributed by atoms with E-state index in [1.54, 1.807) is 11.3 Å². The van der Waals surface area contributed by atoms with Gasteiger partial charge in [-0.25, -0.2) is 4.98 Å². The van der Waals surface area contributed by atoms with E-state index < -0.39 is 5.97 Å². The average Bonchev–Trinajstić information content (AvgIpc) is 3.16. The fourth-order valence-corrected chi connectivity index (χ4v) is 4.90. The second kappa shape index (κ2) is 6.99. The summed E-state index contributed by atoms with van der Waals surface area (Å²) in [7, 11) is 0. The second-order valence-electron chi connectivity index (χ2n) is 6.78. The number of likely N-dealkylation sites (tertiary alicyclic amines) is 1. The summed E-state index contributed by atoms with van der Waals surface area (Å²) < 4.78 is 0. The van der Waals surface area contributed by atoms with E-state index in [0.29, 0.717) is 19.0 Å². The maximum Gasteiger partial charge on any atom is 0.303 e. The van der Waals surface area contributed by atoms with Gasteiger partial charge >= 0.3 is 5.97 Å². The number of thiazole rings is 1. The molecule has 1 saturated heterocycles. The molecular formula is C17H24N2O3S. The lowest BCUT2D eigenvalue weighted by Gasteiger charge is -2.31. The highest BCUT2D eigenvalue weighted by Crippen LogP contribution is 2.37. The van der Waals surface area contributed by atoms with Crippen molar-refractivity contribution in [3.8, 4) is 0 Å². The van der Waals surface area contributed by atoms with Gasteiger partial charge in [0, 0.05) is 25.4 Å². The summed E-state index contributed by atoms with van der Waals surface area (Å²) in [4.78, 5) is 30.9. The van der Waals surface area contributed by atoms with Gasteiger partial charge in [0.1, 0.15) is 4.88 Å². The van der Waals surface area contributed by atoms with Crippen molar-refractivity contribution >= 4 is 23.2 Å². The van der Waals surface area contributed by atoms with Crippen molar-refractivity contribution in [3.05, 3.63) is 15.6 Å². The van der Waals surface area contributed by atoms with Crippen LogP contribution in [0.3, 0.4) is 0 Å². The molecule has 2 heterocycles. The van der Waals surface area contributed by atoms with Gasteiger partial charge in [-0.15, -0.1) is 11.3 Å². The zero-order valence-corrected chi connectivity index (χ0v) is 14.4. The number of carbonyl (C=O) groups is 2. The van der Waals surface area contributed by atoms with Gasteiger partial charge in [-0.05, 0) is 38.5 Å². The molecule has 2 aliphatic rings. The summed E-state index contributed by atoms with van der Waals surface area (Å²) in [6, 6.07) is 0. The van der Waals surface area contributed by atoms with Crippen molar-refractivity contribution in [1.29, 1.82) is 0 Å². The molecule has 6 heteroatoms. The van der Waals surface area contributed by atoms with E-state index in [1.807, 2.05) is 11.8 Å². The highest BCUT2D eigenvalue weighted by Gasteiger charge is 2.29. The smallest absolute Gasteiger partial charge is 0.303 e. The number of rotatable bonds is 4. The zero-order valence-electron chi connectivity index (χ0n) is 13.6. The van der Waals surface area contributed by atoms with Crippen LogP contribution in [0.1, 0.15) is 71.2 Å². The minimum Gasteiger partial charge on any atom is -0.481 e. The molecule has 1 N–H and O–H groups in total. The Morgan fingerprint density at radius 3 is 2.48 bits per heavy atom. The lowest BCUT2D eigenvalue weighted by molar-refractivity contribution is -0.138. The van der Waals surface area contributed by atoms with E-state index >= 15 is 0 Å². The summed E-state index contributed by atoms with van der Waals surface area (Å²) >= 11 is 1.57. The molecule has 126 valence electrons. The number of nitrogens with zero attached hydrogens (tertiary/aromatic N) is 2. The van der Waals surface area contributed by atoms with Gasteiger partial charge in [-0.3, -0.25) is 9.59 Å². The molecule has 0 atom stereocenters. The van der Waals surface area contributed by atoms with Crippen LogP contribution in [-0.2, 0) is 4.79 Å². The normalized spacial score (nSPS) is 20.1. The first-order chi connectivity index (χ1) is 11.0. The molecule has 1 saturated carbocycles. The summed E-state index contributed by atoms with van der Waals surface area (Å²) in [6.07, 6.45) is 6.71. The predicted molar refractivity (Wildman–Crippen MR) is 88.9 cm³/mol. The van der Waals surface area contributed by atoms with Crippen LogP contribution < -0.4 is 0 Å². The standard InChI is InChI=1S/C17H24N2O3S/c1-11-15(23-16(18-11)13-4-2-3-5-13)17(22)19-8-6-12(7-9-19)10-14(20)21/h12-13H,2-10H2,1H3,(H,20,21). The topological polar surface area (TPSA) is 70.5 Å². The third kappa shape index (κ3) is 3.74. The fourth-order valence-electron chi connectivity index (χ4n) is 3.69. The number of aromatic nitrogens is 1. The molecule has 1 aliphatic heterocycles. The van der Waals surface area contributed by atoms with E-state index in [4.69, 9.17) is 5.11 Å². The molecule has 2 fully saturated rings. The van der Waals surface area contributed by atoms with Gasteiger partial charge in [-0.1, -0.05) is 12.8 Å². The quantitative estimate of drug-likeness (QED) is 0.914. The third-order valence-corrected chi connectivity index (χ3v) is 6.38. The van der Waals surface area contributed by atoms with Gasteiger partial charge in [0.15, 0.2) is 0 Å². The lowest BCUT2D eigenvalue weighted by Crippen LogP contribution is -2.38. The predicted octanol–water partition coefficient (Wildman–Crippen LogP) is 3.44. The monoisotopic (exact) mass is 336 g/mol. The molecule has 1 aromatic heterocycles. The summed E-state index contributed by atoms with van der Waals surface area (Å²) in [5, 5.41) is 10.0. The van der Waals surface area contributed by atoms with E-state index in [1.165, 1.54) is 25.7 Å². The van der Waals surface area contributed by atoms with Gasteiger partial charge in [0.2, 0.25) is 0 Å². The third-order valence-electron chi connectivity index (χ3n) is 5.08. The molecule has 1 amide bonds. The van der Waals surface area contributed by atoms with Gasteiger partial charge in [0.05, 0.1) is 10.7 Å². The van der Waals surface area contributed by atoms with Crippen molar-refractivity contribution in [2.75, 3.05) is 13.1 Å². The number of hydrogen-bond donors (Lipinski definition) is 1. The van der Waals surface area contributed by atoms with Crippen LogP contribution >= 0.6 is 11.3 Å². The molecule has 0 unspecified atom stereocenters. The summed E-state index contributed by atoms with van der Waals surface area (Å²) in [5.74, 6) is 0.0852. The van der Waals surface area contributed by atoms with E-state index in [9.17, 15) is 9.59 Å². The highest BCUT2D eigenvalue weighted by molar-refractivity contribution is 7.13. The Balaban J connectivity index is 1.63. The zero-order chi connectivity index (χ0) is 16.4. The number of carboxylic acids is 1. The lowest BCUT2D eigenvalue weighted by atomic mass is 9.93. The molecule has 5 nitrogen and oxygen atoms in total. The fraction of sp³-hybridized carbons (Fsp3) is 0.706. The van der Waals surface area contributed by atoms with Gasteiger partial charge in [-0.2, -0.15) is 0 Å². The minimum atomic E-state index is -0.741. The number of carboxylic acid groups (broad SMARTS) is 1. The first-order valence-corrected chi connectivity index (χ1v) is 9.34. The van der Waals surface area contributed by atoms with E-state index in [0.717, 1.165) is 28.4 Å². The Morgan fingerprint density at radius 2 is 1.87 bits per heavy atom. The molecule has 0 bridgehead atoms. The van der Waals surface area contributed by atoms with Crippen molar-refractivity contribution in [3.63, 3.8) is 0 Å². The SMILES string of the molecule is Cc1nc(C2CCCC2)sc1C(=O)N1CCC(CC(=O)O)CC1. The van der Waals surface area contributed by atoms with Crippen LogP contribution in [0.15, 0.2) is 0 Å². The van der Waals surface area contributed by atoms with Gasteiger partial charge < -0.3 is 10.0 Å². The van der Waals surface area contributed by atoms with Crippen LogP contribution in [-0.4, -0.2) is 40.0 Å². The molecule has 0 spiro atoms. The van der Waals surface area contributed by atoms with Crippen molar-refractivity contribution in [1.82, 2.24) is 9.88 Å². The Hall–Kier alpha value is -1.43. The molecule has 0 aromatic carbocycles. The average molecular weight is 336 g/mol. The number of piperidine rings is 1. The minimum absolute atomic E-state index is 0.0815. The van der Waals surface area contributed by atoms with Crippen LogP contribution in [0, 0.1) is 12.8 Å². The van der Waals surface area contributed by atoms with E-state index in [2.05, 4.69) is 4.98 Å². The van der Waals surface area contributed by atoms with E-state index in [-0.39, 0.29) is 18.2 Å². The molecule has 1 aromatic rings. The summed E-state index contributed by atoms with van der Waals surface area (Å²) in [6.45, 7) is 3.25. The number of hydrogen-bond acceptors (Lipinski definition) is 4. The summed E-state index contributed by atoms with van der Waals surface area (Å²) in [5.41, 5.74) is 0.856. The van der Waals surface area contributed by atoms with Crippen molar-refractivity contribution in [2.45, 2.75) is 57.8 Å². The Bertz CT molecular complexity index is 585.